The predicted molar refractivity (Wildman–Crippen MR) is 121 cm³/mol. The summed E-state index contributed by atoms with van der Waals surface area (Å²) in [5.74, 6) is 2.60. The Morgan fingerprint density at radius 2 is 1.91 bits per heavy atom. The first-order valence-electron chi connectivity index (χ1n) is 11.1. The topological polar surface area (TPSA) is 78.6 Å². The van der Waals surface area contributed by atoms with Crippen molar-refractivity contribution in [2.24, 2.45) is 0 Å². The molecule has 0 bridgehead atoms. The van der Waals surface area contributed by atoms with Crippen LogP contribution in [0.1, 0.15) is 47.7 Å². The minimum Gasteiger partial charge on any atom is -0.497 e. The molecule has 0 amide bonds. The van der Waals surface area contributed by atoms with Gasteiger partial charge in [0.2, 0.25) is 5.88 Å². The number of carbonyl (C=O) groups excluding carboxylic acids is 1. The van der Waals surface area contributed by atoms with Gasteiger partial charge in [0, 0.05) is 30.8 Å². The summed E-state index contributed by atoms with van der Waals surface area (Å²) >= 11 is 0. The lowest BCUT2D eigenvalue weighted by Crippen LogP contribution is -2.26. The average Bonchev–Trinajstić information content (AvgIpc) is 3.26. The summed E-state index contributed by atoms with van der Waals surface area (Å²) in [6.45, 7) is 0. The van der Waals surface area contributed by atoms with Crippen molar-refractivity contribution in [3.8, 4) is 11.6 Å². The number of rotatable bonds is 4. The first-order chi connectivity index (χ1) is 16.2. The van der Waals surface area contributed by atoms with Gasteiger partial charge in [0.15, 0.2) is 17.3 Å². The largest absolute Gasteiger partial charge is 0.497 e. The summed E-state index contributed by atoms with van der Waals surface area (Å²) in [6, 6.07) is 17.9. The molecule has 1 aliphatic heterocycles. The van der Waals surface area contributed by atoms with Gasteiger partial charge in [-0.3, -0.25) is 4.79 Å². The molecule has 33 heavy (non-hydrogen) atoms. The molecule has 0 spiro atoms. The zero-order valence-electron chi connectivity index (χ0n) is 18.2. The molecule has 7 heteroatoms. The molecule has 7 nitrogen and oxygen atoms in total. The molecule has 0 N–H and O–H groups in total. The molecule has 1 atom stereocenters. The van der Waals surface area contributed by atoms with Crippen molar-refractivity contribution in [1.82, 2.24) is 19.6 Å². The Hall–Kier alpha value is -4.00. The number of ketones is 1. The third kappa shape index (κ3) is 3.36. The highest BCUT2D eigenvalue weighted by atomic mass is 16.5. The molecule has 1 aliphatic carbocycles. The maximum Gasteiger partial charge on any atom is 0.228 e. The highest BCUT2D eigenvalue weighted by Gasteiger charge is 2.39. The zero-order chi connectivity index (χ0) is 22.4. The van der Waals surface area contributed by atoms with Crippen LogP contribution in [0.25, 0.3) is 5.65 Å². The van der Waals surface area contributed by atoms with E-state index in [1.54, 1.807) is 18.0 Å². The lowest BCUT2D eigenvalue weighted by atomic mass is 9.78. The Labute approximate surface area is 190 Å². The number of ether oxygens (including phenoxy) is 2. The normalized spacial score (nSPS) is 17.5. The number of allylic oxidation sites excluding steroid dienone is 2. The SMILES string of the molecule is COc1ccc(Cc2nc3c4c(ncn3n2)OC2=C(C(=O)CCC2)[C@H]4c2ccccc2)cc1. The highest BCUT2D eigenvalue weighted by Crippen LogP contribution is 2.46. The molecule has 2 aromatic heterocycles. The highest BCUT2D eigenvalue weighted by molar-refractivity contribution is 6.00. The van der Waals surface area contributed by atoms with E-state index in [2.05, 4.69) is 10.1 Å². The molecule has 3 heterocycles. The number of hydrogen-bond donors (Lipinski definition) is 0. The van der Waals surface area contributed by atoms with E-state index < -0.39 is 0 Å². The number of fused-ring (bicyclic) bond motifs is 3. The van der Waals surface area contributed by atoms with Crippen LogP contribution >= 0.6 is 0 Å². The zero-order valence-corrected chi connectivity index (χ0v) is 18.2. The molecule has 2 aliphatic rings. The second kappa shape index (κ2) is 7.85. The summed E-state index contributed by atoms with van der Waals surface area (Å²) in [7, 11) is 1.65. The molecule has 0 saturated carbocycles. The molecular weight excluding hydrogens is 416 g/mol. The average molecular weight is 438 g/mol. The number of aromatic nitrogens is 4. The number of methoxy groups -OCH3 is 1. The fourth-order valence-corrected chi connectivity index (χ4v) is 4.74. The third-order valence-electron chi connectivity index (χ3n) is 6.29. The molecular formula is C26H22N4O3. The molecule has 6 rings (SSSR count). The Bertz CT molecular complexity index is 1390. The van der Waals surface area contributed by atoms with E-state index in [9.17, 15) is 4.79 Å². The molecule has 0 fully saturated rings. The van der Waals surface area contributed by atoms with E-state index in [-0.39, 0.29) is 11.7 Å². The van der Waals surface area contributed by atoms with E-state index >= 15 is 0 Å². The first-order valence-corrected chi connectivity index (χ1v) is 11.1. The smallest absolute Gasteiger partial charge is 0.228 e. The van der Waals surface area contributed by atoms with Gasteiger partial charge in [-0.05, 0) is 29.7 Å². The quantitative estimate of drug-likeness (QED) is 0.474. The van der Waals surface area contributed by atoms with Gasteiger partial charge in [-0.2, -0.15) is 0 Å². The van der Waals surface area contributed by atoms with Crippen LogP contribution in [0.3, 0.4) is 0 Å². The lowest BCUT2D eigenvalue weighted by molar-refractivity contribution is -0.116. The van der Waals surface area contributed by atoms with Crippen LogP contribution < -0.4 is 9.47 Å². The Kier molecular flexibility index (Phi) is 4.68. The van der Waals surface area contributed by atoms with Gasteiger partial charge >= 0.3 is 0 Å². The van der Waals surface area contributed by atoms with Crippen LogP contribution in [-0.2, 0) is 11.2 Å². The van der Waals surface area contributed by atoms with Crippen LogP contribution in [0.15, 0.2) is 72.3 Å². The van der Waals surface area contributed by atoms with Crippen molar-refractivity contribution in [2.75, 3.05) is 7.11 Å². The maximum atomic E-state index is 13.0. The fourth-order valence-electron chi connectivity index (χ4n) is 4.74. The fraction of sp³-hybridized carbons (Fsp3) is 0.231. The summed E-state index contributed by atoms with van der Waals surface area (Å²) in [6.07, 6.45) is 4.29. The van der Waals surface area contributed by atoms with Gasteiger partial charge in [-0.25, -0.2) is 14.5 Å². The summed E-state index contributed by atoms with van der Waals surface area (Å²) < 4.78 is 13.1. The van der Waals surface area contributed by atoms with E-state index in [0.29, 0.717) is 30.2 Å². The molecule has 2 aromatic carbocycles. The Balaban J connectivity index is 1.48. The van der Waals surface area contributed by atoms with E-state index in [1.165, 1.54) is 0 Å². The minimum absolute atomic E-state index is 0.135. The van der Waals surface area contributed by atoms with E-state index in [4.69, 9.17) is 14.5 Å². The van der Waals surface area contributed by atoms with Gasteiger partial charge in [-0.15, -0.1) is 5.10 Å². The van der Waals surface area contributed by atoms with Crippen LogP contribution in [0, 0.1) is 0 Å². The Morgan fingerprint density at radius 3 is 2.70 bits per heavy atom. The van der Waals surface area contributed by atoms with Crippen LogP contribution in [0.2, 0.25) is 0 Å². The molecule has 0 unspecified atom stereocenters. The van der Waals surface area contributed by atoms with Crippen LogP contribution in [-0.4, -0.2) is 32.5 Å². The standard InChI is InChI=1S/C26H22N4O3/c1-32-18-12-10-16(11-13-18)14-21-28-25-24-22(17-6-3-2-4-7-17)23-19(31)8-5-9-20(23)33-26(24)27-15-30(25)29-21/h2-4,6-7,10-13,15,22H,5,8-9,14H2,1H3/t22-/m1/s1. The van der Waals surface area contributed by atoms with Crippen LogP contribution in [0.5, 0.6) is 11.6 Å². The van der Waals surface area contributed by atoms with Crippen molar-refractivity contribution in [3.63, 3.8) is 0 Å². The molecule has 164 valence electrons. The first kappa shape index (κ1) is 19.7. The van der Waals surface area contributed by atoms with Crippen molar-refractivity contribution in [3.05, 3.63) is 94.8 Å². The van der Waals surface area contributed by atoms with Crippen molar-refractivity contribution >= 4 is 11.4 Å². The van der Waals surface area contributed by atoms with E-state index in [0.717, 1.165) is 46.6 Å². The lowest BCUT2D eigenvalue weighted by Gasteiger charge is -2.31. The number of carbonyl (C=O) groups is 1. The summed E-state index contributed by atoms with van der Waals surface area (Å²) in [5, 5.41) is 4.67. The number of nitrogens with zero attached hydrogens (tertiary/aromatic N) is 4. The van der Waals surface area contributed by atoms with Gasteiger partial charge in [0.05, 0.1) is 12.7 Å². The summed E-state index contributed by atoms with van der Waals surface area (Å²) in [4.78, 5) is 22.5. The number of hydrogen-bond acceptors (Lipinski definition) is 6. The number of benzene rings is 2. The van der Waals surface area contributed by atoms with E-state index in [1.807, 2.05) is 54.6 Å². The second-order valence-corrected chi connectivity index (χ2v) is 8.34. The van der Waals surface area contributed by atoms with Crippen molar-refractivity contribution < 1.29 is 14.3 Å². The van der Waals surface area contributed by atoms with Gasteiger partial charge in [0.1, 0.15) is 17.8 Å². The second-order valence-electron chi connectivity index (χ2n) is 8.34. The molecule has 4 aromatic rings. The summed E-state index contributed by atoms with van der Waals surface area (Å²) in [5.41, 5.74) is 4.30. The van der Waals surface area contributed by atoms with Gasteiger partial charge in [-0.1, -0.05) is 42.5 Å². The molecule has 0 saturated heterocycles. The van der Waals surface area contributed by atoms with Crippen molar-refractivity contribution in [2.45, 2.75) is 31.6 Å². The maximum absolute atomic E-state index is 13.0. The minimum atomic E-state index is -0.271. The predicted octanol–water partition coefficient (Wildman–Crippen LogP) is 4.26. The van der Waals surface area contributed by atoms with Crippen molar-refractivity contribution in [1.29, 1.82) is 0 Å². The monoisotopic (exact) mass is 438 g/mol. The number of Topliss-reactive ketones (excluding diaryl/α,β-unsaturated/α-hetero) is 1. The third-order valence-corrected chi connectivity index (χ3v) is 6.29. The van der Waals surface area contributed by atoms with Gasteiger partial charge < -0.3 is 9.47 Å². The molecule has 0 radical (unpaired) electrons. The Morgan fingerprint density at radius 1 is 1.09 bits per heavy atom. The van der Waals surface area contributed by atoms with Gasteiger partial charge in [0.25, 0.3) is 0 Å². The van der Waals surface area contributed by atoms with Crippen LogP contribution in [0.4, 0.5) is 0 Å².